The van der Waals surface area contributed by atoms with Crippen molar-refractivity contribution in [2.24, 2.45) is 0 Å². The molecule has 0 saturated carbocycles. The number of carbonyl (C=O) groups excluding carboxylic acids is 2. The van der Waals surface area contributed by atoms with Crippen LogP contribution in [0.15, 0.2) is 36.4 Å². The fraction of sp³-hybridized carbons (Fsp3) is 0.300. The number of nitrogens with one attached hydrogen (secondary N) is 1. The molecule has 2 aromatic rings. The smallest absolute Gasteiger partial charge is 0.409 e. The zero-order chi connectivity index (χ0) is 19.4. The first-order chi connectivity index (χ1) is 12.2. The first kappa shape index (κ1) is 20.3. The highest BCUT2D eigenvalue weighted by molar-refractivity contribution is 6.40. The molecule has 2 amide bonds. The Bertz CT molecular complexity index is 785. The van der Waals surface area contributed by atoms with Crippen LogP contribution >= 0.6 is 23.2 Å². The lowest BCUT2D eigenvalue weighted by molar-refractivity contribution is 0.0951. The standard InChI is InChI=1S/C20H21Cl2NO3/c1-11(2)13-7-5-8-14(12(3)4)18(13)26-20(25)23-19(24)17-15(21)9-6-10-16(17)22/h5-12H,1-4H3,(H,23,24,25). The Morgan fingerprint density at radius 1 is 0.885 bits per heavy atom. The van der Waals surface area contributed by atoms with E-state index in [0.29, 0.717) is 5.75 Å². The van der Waals surface area contributed by atoms with Crippen molar-refractivity contribution in [3.8, 4) is 5.75 Å². The Labute approximate surface area is 163 Å². The van der Waals surface area contributed by atoms with Gasteiger partial charge in [-0.15, -0.1) is 0 Å². The van der Waals surface area contributed by atoms with Crippen LogP contribution in [0.5, 0.6) is 5.75 Å². The summed E-state index contributed by atoms with van der Waals surface area (Å²) in [6.07, 6.45) is -0.874. The minimum atomic E-state index is -0.874. The summed E-state index contributed by atoms with van der Waals surface area (Å²) in [5.41, 5.74) is 1.83. The fourth-order valence-electron chi connectivity index (χ4n) is 2.59. The quantitative estimate of drug-likeness (QED) is 0.675. The van der Waals surface area contributed by atoms with E-state index in [9.17, 15) is 9.59 Å². The fourth-order valence-corrected chi connectivity index (χ4v) is 3.16. The first-order valence-electron chi connectivity index (χ1n) is 8.32. The van der Waals surface area contributed by atoms with E-state index in [1.54, 1.807) is 6.07 Å². The van der Waals surface area contributed by atoms with Crippen LogP contribution in [0.2, 0.25) is 10.0 Å². The van der Waals surface area contributed by atoms with Gasteiger partial charge in [0.25, 0.3) is 5.91 Å². The zero-order valence-corrected chi connectivity index (χ0v) is 16.6. The van der Waals surface area contributed by atoms with E-state index in [4.69, 9.17) is 27.9 Å². The van der Waals surface area contributed by atoms with Crippen molar-refractivity contribution in [1.29, 1.82) is 0 Å². The number of amides is 2. The summed E-state index contributed by atoms with van der Waals surface area (Å²) in [4.78, 5) is 24.7. The van der Waals surface area contributed by atoms with Gasteiger partial charge >= 0.3 is 6.09 Å². The van der Waals surface area contributed by atoms with Crippen molar-refractivity contribution < 1.29 is 14.3 Å². The average molecular weight is 394 g/mol. The van der Waals surface area contributed by atoms with Crippen LogP contribution in [0.4, 0.5) is 4.79 Å². The van der Waals surface area contributed by atoms with Crippen LogP contribution in [-0.2, 0) is 0 Å². The second-order valence-corrected chi connectivity index (χ2v) is 7.33. The minimum Gasteiger partial charge on any atom is -0.409 e. The van der Waals surface area contributed by atoms with E-state index in [-0.39, 0.29) is 27.4 Å². The molecule has 0 saturated heterocycles. The Morgan fingerprint density at radius 3 is 1.81 bits per heavy atom. The molecule has 2 rings (SSSR count). The van der Waals surface area contributed by atoms with E-state index in [0.717, 1.165) is 11.1 Å². The first-order valence-corrected chi connectivity index (χ1v) is 9.08. The molecule has 2 aromatic carbocycles. The number of carbonyl (C=O) groups is 2. The van der Waals surface area contributed by atoms with Crippen molar-refractivity contribution in [2.45, 2.75) is 39.5 Å². The Morgan fingerprint density at radius 2 is 1.35 bits per heavy atom. The van der Waals surface area contributed by atoms with E-state index in [2.05, 4.69) is 5.32 Å². The SMILES string of the molecule is CC(C)c1cccc(C(C)C)c1OC(=O)NC(=O)c1c(Cl)cccc1Cl. The molecule has 0 radical (unpaired) electrons. The van der Waals surface area contributed by atoms with Gasteiger partial charge < -0.3 is 4.74 Å². The zero-order valence-electron chi connectivity index (χ0n) is 15.1. The van der Waals surface area contributed by atoms with Gasteiger partial charge in [-0.2, -0.15) is 0 Å². The molecule has 6 heteroatoms. The molecular weight excluding hydrogens is 373 g/mol. The van der Waals surface area contributed by atoms with E-state index in [1.165, 1.54) is 12.1 Å². The predicted molar refractivity (Wildman–Crippen MR) is 105 cm³/mol. The van der Waals surface area contributed by atoms with Crippen molar-refractivity contribution in [3.05, 3.63) is 63.1 Å². The number of imide groups is 1. The molecule has 0 heterocycles. The highest BCUT2D eigenvalue weighted by Gasteiger charge is 2.21. The van der Waals surface area contributed by atoms with Crippen molar-refractivity contribution >= 4 is 35.2 Å². The third kappa shape index (κ3) is 4.57. The number of hydrogen-bond acceptors (Lipinski definition) is 3. The largest absolute Gasteiger partial charge is 0.419 e. The molecule has 1 N–H and O–H groups in total. The van der Waals surface area contributed by atoms with Gasteiger partial charge in [0.1, 0.15) is 5.75 Å². The normalized spacial score (nSPS) is 10.9. The van der Waals surface area contributed by atoms with Crippen molar-refractivity contribution in [3.63, 3.8) is 0 Å². The van der Waals surface area contributed by atoms with Gasteiger partial charge in [-0.05, 0) is 35.1 Å². The summed E-state index contributed by atoms with van der Waals surface area (Å²) < 4.78 is 5.51. The summed E-state index contributed by atoms with van der Waals surface area (Å²) in [5, 5.41) is 2.51. The lowest BCUT2D eigenvalue weighted by atomic mass is 9.94. The van der Waals surface area contributed by atoms with Gasteiger partial charge in [0.15, 0.2) is 0 Å². The molecule has 0 aliphatic rings. The molecule has 0 fully saturated rings. The summed E-state index contributed by atoms with van der Waals surface area (Å²) >= 11 is 12.0. The molecule has 26 heavy (non-hydrogen) atoms. The molecule has 0 aromatic heterocycles. The van der Waals surface area contributed by atoms with E-state index < -0.39 is 12.0 Å². The molecule has 0 atom stereocenters. The van der Waals surface area contributed by atoms with Crippen LogP contribution in [0.1, 0.15) is 61.0 Å². The van der Waals surface area contributed by atoms with Gasteiger partial charge in [-0.3, -0.25) is 10.1 Å². The Kier molecular flexibility index (Phi) is 6.68. The molecule has 0 bridgehead atoms. The third-order valence-corrected chi connectivity index (χ3v) is 4.55. The van der Waals surface area contributed by atoms with Crippen molar-refractivity contribution in [2.75, 3.05) is 0 Å². The number of ether oxygens (including phenoxy) is 1. The maximum Gasteiger partial charge on any atom is 0.419 e. The summed E-state index contributed by atoms with van der Waals surface area (Å²) in [5.74, 6) is 0.0854. The lowest BCUT2D eigenvalue weighted by Gasteiger charge is -2.19. The van der Waals surface area contributed by atoms with Gasteiger partial charge in [0, 0.05) is 0 Å². The minimum absolute atomic E-state index is 0.0361. The molecular formula is C20H21Cl2NO3. The van der Waals surface area contributed by atoms with E-state index in [1.807, 2.05) is 45.9 Å². The topological polar surface area (TPSA) is 55.4 Å². The van der Waals surface area contributed by atoms with Crippen molar-refractivity contribution in [1.82, 2.24) is 5.32 Å². The van der Waals surface area contributed by atoms with Crippen LogP contribution < -0.4 is 10.1 Å². The monoisotopic (exact) mass is 393 g/mol. The number of halogens is 2. The van der Waals surface area contributed by atoms with Crippen LogP contribution in [0.3, 0.4) is 0 Å². The molecule has 0 aliphatic heterocycles. The van der Waals surface area contributed by atoms with Crippen LogP contribution in [0, 0.1) is 0 Å². The summed E-state index contributed by atoms with van der Waals surface area (Å²) in [6, 6.07) is 10.4. The molecule has 0 unspecified atom stereocenters. The molecule has 0 spiro atoms. The molecule has 138 valence electrons. The Hall–Kier alpha value is -2.04. The number of rotatable bonds is 4. The number of benzene rings is 2. The van der Waals surface area contributed by atoms with Gasteiger partial charge in [-0.1, -0.05) is 75.2 Å². The van der Waals surface area contributed by atoms with E-state index >= 15 is 0 Å². The highest BCUT2D eigenvalue weighted by Crippen LogP contribution is 2.34. The molecule has 0 aliphatic carbocycles. The van der Waals surface area contributed by atoms with Gasteiger partial charge in [0.05, 0.1) is 15.6 Å². The summed E-state index contributed by atoms with van der Waals surface area (Å²) in [7, 11) is 0. The maximum atomic E-state index is 12.3. The highest BCUT2D eigenvalue weighted by atomic mass is 35.5. The van der Waals surface area contributed by atoms with Crippen LogP contribution in [-0.4, -0.2) is 12.0 Å². The number of hydrogen-bond donors (Lipinski definition) is 1. The lowest BCUT2D eigenvalue weighted by Crippen LogP contribution is -2.33. The second kappa shape index (κ2) is 8.56. The predicted octanol–water partition coefficient (Wildman–Crippen LogP) is 6.17. The Balaban J connectivity index is 2.27. The number of para-hydroxylation sites is 1. The summed E-state index contributed by atoms with van der Waals surface area (Å²) in [6.45, 7) is 8.05. The second-order valence-electron chi connectivity index (χ2n) is 6.52. The third-order valence-electron chi connectivity index (χ3n) is 3.92. The van der Waals surface area contributed by atoms with Gasteiger partial charge in [0.2, 0.25) is 0 Å². The maximum absolute atomic E-state index is 12.3. The van der Waals surface area contributed by atoms with Crippen LogP contribution in [0.25, 0.3) is 0 Å². The molecule has 4 nitrogen and oxygen atoms in total. The average Bonchev–Trinajstić information content (AvgIpc) is 2.54. The van der Waals surface area contributed by atoms with Gasteiger partial charge in [-0.25, -0.2) is 4.79 Å².